The number of methoxy groups -OCH3 is 2. The van der Waals surface area contributed by atoms with Crippen molar-refractivity contribution in [1.82, 2.24) is 9.97 Å². The number of carbonyl (C=O) groups excluding carboxylic acids is 2. The summed E-state index contributed by atoms with van der Waals surface area (Å²) in [6.45, 7) is 0. The normalized spacial score (nSPS) is 12.7. The van der Waals surface area contributed by atoms with Crippen LogP contribution in [-0.2, 0) is 9.47 Å². The predicted octanol–water partition coefficient (Wildman–Crippen LogP) is 5.57. The van der Waals surface area contributed by atoms with Crippen molar-refractivity contribution in [2.75, 3.05) is 14.2 Å². The number of rotatable bonds is 3. The molecule has 5 rings (SSSR count). The molecule has 1 fully saturated rings. The Morgan fingerprint density at radius 2 is 1.34 bits per heavy atom. The van der Waals surface area contributed by atoms with E-state index in [4.69, 9.17) is 16.3 Å². The number of aromatic nitrogens is 2. The van der Waals surface area contributed by atoms with E-state index in [0.717, 1.165) is 21.8 Å². The Labute approximate surface area is 190 Å². The van der Waals surface area contributed by atoms with Crippen LogP contribution in [0.1, 0.15) is 45.0 Å². The molecule has 6 nitrogen and oxygen atoms in total. The van der Waals surface area contributed by atoms with E-state index < -0.39 is 0 Å². The fourth-order valence-electron chi connectivity index (χ4n) is 3.38. The fourth-order valence-corrected chi connectivity index (χ4v) is 3.55. The van der Waals surface area contributed by atoms with Gasteiger partial charge in [-0.3, -0.25) is 9.97 Å². The minimum Gasteiger partial charge on any atom is -0.465 e. The quantitative estimate of drug-likeness (QED) is 0.381. The molecule has 0 saturated heterocycles. The number of halogens is 1. The molecule has 0 bridgehead atoms. The van der Waals surface area contributed by atoms with E-state index in [1.165, 1.54) is 32.6 Å². The van der Waals surface area contributed by atoms with E-state index >= 15 is 0 Å². The van der Waals surface area contributed by atoms with Gasteiger partial charge in [-0.25, -0.2) is 9.59 Å². The molecule has 4 aromatic rings. The summed E-state index contributed by atoms with van der Waals surface area (Å²) >= 11 is 5.81. The number of nitrogens with zero attached hydrogens (tertiary/aromatic N) is 2. The Morgan fingerprint density at radius 1 is 0.812 bits per heavy atom. The number of benzene rings is 2. The smallest absolute Gasteiger partial charge is 0.337 e. The van der Waals surface area contributed by atoms with E-state index in [0.29, 0.717) is 22.1 Å². The molecule has 0 N–H and O–H groups in total. The first kappa shape index (κ1) is 21.7. The van der Waals surface area contributed by atoms with Crippen molar-refractivity contribution in [2.24, 2.45) is 0 Å². The molecule has 162 valence electrons. The molecule has 0 spiro atoms. The molecule has 2 heterocycles. The van der Waals surface area contributed by atoms with Gasteiger partial charge < -0.3 is 9.47 Å². The van der Waals surface area contributed by atoms with Gasteiger partial charge in [0.05, 0.1) is 41.4 Å². The second-order valence-electron chi connectivity index (χ2n) is 7.49. The van der Waals surface area contributed by atoms with Gasteiger partial charge in [-0.2, -0.15) is 0 Å². The molecule has 0 aliphatic heterocycles. The maximum atomic E-state index is 11.4. The molecule has 2 aromatic heterocycles. The number of esters is 2. The van der Waals surface area contributed by atoms with Gasteiger partial charge in [0, 0.05) is 23.2 Å². The van der Waals surface area contributed by atoms with Gasteiger partial charge in [0.1, 0.15) is 0 Å². The Kier molecular flexibility index (Phi) is 6.32. The minimum absolute atomic E-state index is 0.302. The van der Waals surface area contributed by atoms with Crippen molar-refractivity contribution < 1.29 is 19.1 Å². The third kappa shape index (κ3) is 4.86. The fraction of sp³-hybridized carbons (Fsp3) is 0.200. The molecular formula is C25H21ClN2O4. The molecular weight excluding hydrogens is 428 g/mol. The van der Waals surface area contributed by atoms with Crippen molar-refractivity contribution in [3.63, 3.8) is 0 Å². The highest BCUT2D eigenvalue weighted by molar-refractivity contribution is 6.31. The molecule has 1 saturated carbocycles. The lowest BCUT2D eigenvalue weighted by atomic mass is 10.1. The SMILES string of the molecule is COC(=O)c1ccc2ncc(C3CC3)cc2c1.COC(=O)c1ccc2ncc(Cl)cc2c1. The summed E-state index contributed by atoms with van der Waals surface area (Å²) in [6.07, 6.45) is 6.02. The first-order valence-electron chi connectivity index (χ1n) is 10.1. The Morgan fingerprint density at radius 3 is 1.88 bits per heavy atom. The van der Waals surface area contributed by atoms with Gasteiger partial charge in [-0.05, 0) is 72.9 Å². The third-order valence-corrected chi connectivity index (χ3v) is 5.45. The van der Waals surface area contributed by atoms with Crippen LogP contribution in [0.2, 0.25) is 5.02 Å². The summed E-state index contributed by atoms with van der Waals surface area (Å²) in [7, 11) is 2.74. The summed E-state index contributed by atoms with van der Waals surface area (Å²) in [5, 5.41) is 2.38. The van der Waals surface area contributed by atoms with Crippen molar-refractivity contribution in [3.8, 4) is 0 Å². The highest BCUT2D eigenvalue weighted by Gasteiger charge is 2.24. The van der Waals surface area contributed by atoms with E-state index in [2.05, 4.69) is 20.8 Å². The number of hydrogen-bond donors (Lipinski definition) is 0. The second-order valence-corrected chi connectivity index (χ2v) is 7.93. The molecule has 0 atom stereocenters. The van der Waals surface area contributed by atoms with Crippen LogP contribution in [-0.4, -0.2) is 36.1 Å². The van der Waals surface area contributed by atoms with Crippen LogP contribution in [0.5, 0.6) is 0 Å². The zero-order valence-corrected chi connectivity index (χ0v) is 18.4. The highest BCUT2D eigenvalue weighted by atomic mass is 35.5. The van der Waals surface area contributed by atoms with Gasteiger partial charge in [0.15, 0.2) is 0 Å². The van der Waals surface area contributed by atoms with Crippen LogP contribution in [0.15, 0.2) is 60.9 Å². The van der Waals surface area contributed by atoms with E-state index in [9.17, 15) is 9.59 Å². The molecule has 32 heavy (non-hydrogen) atoms. The third-order valence-electron chi connectivity index (χ3n) is 5.24. The number of carbonyl (C=O) groups is 2. The molecule has 1 aliphatic rings. The van der Waals surface area contributed by atoms with Crippen molar-refractivity contribution in [2.45, 2.75) is 18.8 Å². The standard InChI is InChI=1S/C14H13NO2.C11H8ClNO2/c1-17-14(16)10-4-5-13-11(6-10)7-12(8-15-13)9-2-3-9;1-15-11(14)7-2-3-10-8(4-7)5-9(12)6-13-10/h4-9H,2-3H2,1H3;2-6H,1H3. The van der Waals surface area contributed by atoms with Crippen LogP contribution in [0.25, 0.3) is 21.8 Å². The minimum atomic E-state index is -0.364. The van der Waals surface area contributed by atoms with E-state index in [-0.39, 0.29) is 11.9 Å². The van der Waals surface area contributed by atoms with Crippen molar-refractivity contribution in [1.29, 1.82) is 0 Å². The van der Waals surface area contributed by atoms with Gasteiger partial charge >= 0.3 is 11.9 Å². The maximum absolute atomic E-state index is 11.4. The summed E-state index contributed by atoms with van der Waals surface area (Å²) in [5.74, 6) is 0.00860. The van der Waals surface area contributed by atoms with Gasteiger partial charge in [0.2, 0.25) is 0 Å². The molecule has 2 aromatic carbocycles. The van der Waals surface area contributed by atoms with Gasteiger partial charge in [-0.15, -0.1) is 0 Å². The Bertz CT molecular complexity index is 1320. The molecule has 7 heteroatoms. The lowest BCUT2D eigenvalue weighted by Gasteiger charge is -2.03. The number of pyridine rings is 2. The number of hydrogen-bond acceptors (Lipinski definition) is 6. The maximum Gasteiger partial charge on any atom is 0.337 e. The van der Waals surface area contributed by atoms with Crippen LogP contribution in [0.4, 0.5) is 0 Å². The second kappa shape index (κ2) is 9.32. The Hall–Kier alpha value is -3.51. The zero-order valence-electron chi connectivity index (χ0n) is 17.7. The van der Waals surface area contributed by atoms with Crippen LogP contribution in [0, 0.1) is 0 Å². The van der Waals surface area contributed by atoms with Crippen LogP contribution < -0.4 is 0 Å². The first-order valence-corrected chi connectivity index (χ1v) is 10.5. The summed E-state index contributed by atoms with van der Waals surface area (Å²) in [6, 6.07) is 14.5. The highest BCUT2D eigenvalue weighted by Crippen LogP contribution is 2.40. The average molecular weight is 449 g/mol. The van der Waals surface area contributed by atoms with E-state index in [1.807, 2.05) is 18.3 Å². The van der Waals surface area contributed by atoms with Crippen molar-refractivity contribution >= 4 is 45.3 Å². The van der Waals surface area contributed by atoms with Crippen LogP contribution in [0.3, 0.4) is 0 Å². The van der Waals surface area contributed by atoms with Crippen LogP contribution >= 0.6 is 11.6 Å². The molecule has 0 radical (unpaired) electrons. The lowest BCUT2D eigenvalue weighted by Crippen LogP contribution is -2.00. The Balaban J connectivity index is 0.000000155. The molecule has 0 amide bonds. The molecule has 0 unspecified atom stereocenters. The van der Waals surface area contributed by atoms with Gasteiger partial charge in [-0.1, -0.05) is 11.6 Å². The summed E-state index contributed by atoms with van der Waals surface area (Å²) in [5.41, 5.74) is 4.07. The topological polar surface area (TPSA) is 78.4 Å². The van der Waals surface area contributed by atoms with E-state index in [1.54, 1.807) is 36.5 Å². The number of fused-ring (bicyclic) bond motifs is 2. The van der Waals surface area contributed by atoms with Gasteiger partial charge in [0.25, 0.3) is 0 Å². The average Bonchev–Trinajstić information content (AvgIpc) is 3.68. The first-order chi connectivity index (χ1) is 15.5. The van der Waals surface area contributed by atoms with Crippen molar-refractivity contribution in [3.05, 3.63) is 82.6 Å². The summed E-state index contributed by atoms with van der Waals surface area (Å²) < 4.78 is 9.34. The zero-order chi connectivity index (χ0) is 22.7. The predicted molar refractivity (Wildman–Crippen MR) is 123 cm³/mol. The monoisotopic (exact) mass is 448 g/mol. The molecule has 1 aliphatic carbocycles. The summed E-state index contributed by atoms with van der Waals surface area (Å²) in [4.78, 5) is 31.3. The lowest BCUT2D eigenvalue weighted by molar-refractivity contribution is 0.0592. The largest absolute Gasteiger partial charge is 0.465 e. The number of ether oxygens (including phenoxy) is 2.